The third-order valence-electron chi connectivity index (χ3n) is 5.75. The number of hydrogen-bond acceptors (Lipinski definition) is 8. The van der Waals surface area contributed by atoms with Crippen molar-refractivity contribution in [3.8, 4) is 22.5 Å². The molecule has 2 aromatic heterocycles. The highest BCUT2D eigenvalue weighted by Gasteiger charge is 2.20. The maximum absolute atomic E-state index is 12.9. The van der Waals surface area contributed by atoms with Gasteiger partial charge in [0.25, 0.3) is 10.0 Å². The molecule has 1 amide bonds. The van der Waals surface area contributed by atoms with Crippen molar-refractivity contribution in [2.24, 2.45) is 0 Å². The molecule has 9 nitrogen and oxygen atoms in total. The van der Waals surface area contributed by atoms with Crippen LogP contribution in [0.4, 0.5) is 11.5 Å². The van der Waals surface area contributed by atoms with Gasteiger partial charge in [0, 0.05) is 23.0 Å². The number of pyridine rings is 1. The van der Waals surface area contributed by atoms with Crippen LogP contribution in [0, 0.1) is 0 Å². The summed E-state index contributed by atoms with van der Waals surface area (Å²) < 4.78 is 27.7. The summed E-state index contributed by atoms with van der Waals surface area (Å²) in [5, 5.41) is 11.4. The first-order valence-corrected chi connectivity index (χ1v) is 14.6. The zero-order valence-corrected chi connectivity index (χ0v) is 22.9. The molecule has 0 fully saturated rings. The van der Waals surface area contributed by atoms with Crippen molar-refractivity contribution in [1.82, 2.24) is 20.2 Å². The summed E-state index contributed by atoms with van der Waals surface area (Å²) in [4.78, 5) is 21.7. The standard InChI is InChI=1S/C29H24N6O3S2/c1-20(28(36)31-23-15-17-24(18-16-23)40(37,38)35-25-14-8-9-19-30-25)39-29-32-26(21-10-4-2-5-11-21)27(33-34-29)22-12-6-3-7-13-22/h2-20H,1H3,(H,30,35)(H,31,36). The monoisotopic (exact) mass is 568 g/mol. The highest BCUT2D eigenvalue weighted by Crippen LogP contribution is 2.31. The predicted octanol–water partition coefficient (Wildman–Crippen LogP) is 5.52. The molecule has 200 valence electrons. The van der Waals surface area contributed by atoms with Gasteiger partial charge in [-0.1, -0.05) is 78.5 Å². The number of carbonyl (C=O) groups is 1. The summed E-state index contributed by atoms with van der Waals surface area (Å²) in [5.74, 6) is -0.0705. The van der Waals surface area contributed by atoms with E-state index in [9.17, 15) is 13.2 Å². The largest absolute Gasteiger partial charge is 0.325 e. The first-order chi connectivity index (χ1) is 19.4. The van der Waals surface area contributed by atoms with Gasteiger partial charge in [0.05, 0.1) is 10.1 Å². The second-order valence-corrected chi connectivity index (χ2v) is 11.6. The second-order valence-electron chi connectivity index (χ2n) is 8.62. The normalized spacial score (nSPS) is 11.9. The average Bonchev–Trinajstić information content (AvgIpc) is 2.98. The van der Waals surface area contributed by atoms with Crippen LogP contribution >= 0.6 is 11.8 Å². The van der Waals surface area contributed by atoms with Crippen LogP contribution in [-0.2, 0) is 14.8 Å². The number of nitrogens with zero attached hydrogens (tertiary/aromatic N) is 4. The van der Waals surface area contributed by atoms with Crippen LogP contribution in [0.2, 0.25) is 0 Å². The highest BCUT2D eigenvalue weighted by molar-refractivity contribution is 8.00. The molecule has 40 heavy (non-hydrogen) atoms. The molecule has 0 saturated heterocycles. The number of nitrogens with one attached hydrogen (secondary N) is 2. The molecule has 0 aliphatic rings. The molecule has 0 aliphatic heterocycles. The number of sulfonamides is 1. The Labute approximate surface area is 236 Å². The van der Waals surface area contributed by atoms with Gasteiger partial charge in [-0.05, 0) is 43.3 Å². The number of thioether (sulfide) groups is 1. The minimum atomic E-state index is -3.82. The zero-order valence-electron chi connectivity index (χ0n) is 21.3. The van der Waals surface area contributed by atoms with E-state index in [-0.39, 0.29) is 16.6 Å². The number of benzene rings is 3. The molecule has 0 bridgehead atoms. The molecule has 0 saturated carbocycles. The van der Waals surface area contributed by atoms with Crippen molar-refractivity contribution in [3.63, 3.8) is 0 Å². The summed E-state index contributed by atoms with van der Waals surface area (Å²) in [5.41, 5.74) is 3.57. The lowest BCUT2D eigenvalue weighted by Crippen LogP contribution is -2.23. The Bertz CT molecular complexity index is 1700. The minimum absolute atomic E-state index is 0.0463. The van der Waals surface area contributed by atoms with Gasteiger partial charge in [0.2, 0.25) is 11.1 Å². The molecule has 1 unspecified atom stereocenters. The number of hydrogen-bond donors (Lipinski definition) is 2. The van der Waals surface area contributed by atoms with Crippen LogP contribution in [-0.4, -0.2) is 39.7 Å². The summed E-state index contributed by atoms with van der Waals surface area (Å²) in [6.45, 7) is 1.74. The van der Waals surface area contributed by atoms with E-state index in [4.69, 9.17) is 4.98 Å². The summed E-state index contributed by atoms with van der Waals surface area (Å²) in [6, 6.07) is 30.2. The van der Waals surface area contributed by atoms with E-state index in [1.54, 1.807) is 25.1 Å². The smallest absolute Gasteiger partial charge is 0.263 e. The quantitative estimate of drug-likeness (QED) is 0.223. The number of rotatable bonds is 9. The van der Waals surface area contributed by atoms with E-state index in [1.165, 1.54) is 42.2 Å². The summed E-state index contributed by atoms with van der Waals surface area (Å²) in [6.07, 6.45) is 1.50. The molecular formula is C29H24N6O3S2. The Morgan fingerprint density at radius 1 is 0.775 bits per heavy atom. The Morgan fingerprint density at radius 3 is 2.02 bits per heavy atom. The number of amides is 1. The summed E-state index contributed by atoms with van der Waals surface area (Å²) >= 11 is 1.18. The van der Waals surface area contributed by atoms with E-state index in [0.29, 0.717) is 22.2 Å². The van der Waals surface area contributed by atoms with Crippen LogP contribution in [0.5, 0.6) is 0 Å². The van der Waals surface area contributed by atoms with Gasteiger partial charge in [0.15, 0.2) is 0 Å². The molecule has 2 N–H and O–H groups in total. The fraction of sp³-hybridized carbons (Fsp3) is 0.0690. The molecule has 0 spiro atoms. The van der Waals surface area contributed by atoms with Gasteiger partial charge in [0.1, 0.15) is 17.2 Å². The third kappa shape index (κ3) is 6.50. The fourth-order valence-corrected chi connectivity index (χ4v) is 5.46. The van der Waals surface area contributed by atoms with E-state index in [0.717, 1.165) is 11.1 Å². The second kappa shape index (κ2) is 12.1. The molecular weight excluding hydrogens is 544 g/mol. The van der Waals surface area contributed by atoms with Gasteiger partial charge in [-0.15, -0.1) is 10.2 Å². The molecule has 0 radical (unpaired) electrons. The first-order valence-electron chi connectivity index (χ1n) is 12.3. The van der Waals surface area contributed by atoms with Crippen LogP contribution in [0.1, 0.15) is 6.92 Å². The van der Waals surface area contributed by atoms with E-state index < -0.39 is 15.3 Å². The molecule has 5 aromatic rings. The number of aromatic nitrogens is 4. The Hall–Kier alpha value is -4.61. The molecule has 3 aromatic carbocycles. The maximum atomic E-state index is 12.9. The molecule has 0 aliphatic carbocycles. The molecule has 1 atom stereocenters. The Morgan fingerprint density at radius 2 is 1.40 bits per heavy atom. The molecule has 2 heterocycles. The van der Waals surface area contributed by atoms with Crippen molar-refractivity contribution >= 4 is 39.2 Å². The van der Waals surface area contributed by atoms with Crippen molar-refractivity contribution in [2.45, 2.75) is 22.2 Å². The van der Waals surface area contributed by atoms with Gasteiger partial charge in [-0.3, -0.25) is 9.52 Å². The Kier molecular flexibility index (Phi) is 8.13. The van der Waals surface area contributed by atoms with E-state index >= 15 is 0 Å². The van der Waals surface area contributed by atoms with Crippen molar-refractivity contribution < 1.29 is 13.2 Å². The lowest BCUT2D eigenvalue weighted by atomic mass is 10.0. The topological polar surface area (TPSA) is 127 Å². The van der Waals surface area contributed by atoms with Crippen molar-refractivity contribution in [1.29, 1.82) is 0 Å². The van der Waals surface area contributed by atoms with Crippen LogP contribution in [0.15, 0.2) is 119 Å². The SMILES string of the molecule is CC(Sc1nnc(-c2ccccc2)c(-c2ccccc2)n1)C(=O)Nc1ccc(S(=O)(=O)Nc2ccccn2)cc1. The minimum Gasteiger partial charge on any atom is -0.325 e. The Balaban J connectivity index is 1.28. The fourth-order valence-electron chi connectivity index (χ4n) is 3.74. The van der Waals surface area contributed by atoms with Gasteiger partial charge in [-0.2, -0.15) is 0 Å². The predicted molar refractivity (Wildman–Crippen MR) is 156 cm³/mol. The van der Waals surface area contributed by atoms with Crippen molar-refractivity contribution in [3.05, 3.63) is 109 Å². The van der Waals surface area contributed by atoms with E-state index in [1.807, 2.05) is 60.7 Å². The van der Waals surface area contributed by atoms with Crippen molar-refractivity contribution in [2.75, 3.05) is 10.0 Å². The number of carbonyl (C=O) groups excluding carboxylic acids is 1. The molecule has 5 rings (SSSR count). The molecule has 11 heteroatoms. The summed E-state index contributed by atoms with van der Waals surface area (Å²) in [7, 11) is -3.82. The van der Waals surface area contributed by atoms with Gasteiger partial charge >= 0.3 is 0 Å². The average molecular weight is 569 g/mol. The lowest BCUT2D eigenvalue weighted by molar-refractivity contribution is -0.115. The van der Waals surface area contributed by atoms with E-state index in [2.05, 4.69) is 25.2 Å². The maximum Gasteiger partial charge on any atom is 0.263 e. The lowest BCUT2D eigenvalue weighted by Gasteiger charge is -2.13. The van der Waals surface area contributed by atoms with Crippen LogP contribution in [0.3, 0.4) is 0 Å². The number of anilines is 2. The highest BCUT2D eigenvalue weighted by atomic mass is 32.2. The zero-order chi connectivity index (χ0) is 28.0. The first kappa shape index (κ1) is 27.0. The third-order valence-corrected chi connectivity index (χ3v) is 8.07. The van der Waals surface area contributed by atoms with Gasteiger partial charge in [-0.25, -0.2) is 18.4 Å². The van der Waals surface area contributed by atoms with Gasteiger partial charge < -0.3 is 5.32 Å². The van der Waals surface area contributed by atoms with Crippen LogP contribution in [0.25, 0.3) is 22.5 Å². The van der Waals surface area contributed by atoms with Crippen LogP contribution < -0.4 is 10.0 Å².